The largest absolute Gasteiger partial charge is 0.493 e. The van der Waals surface area contributed by atoms with Gasteiger partial charge in [-0.2, -0.15) is 0 Å². The first-order chi connectivity index (χ1) is 12.8. The van der Waals surface area contributed by atoms with Crippen LogP contribution in [0.4, 0.5) is 0 Å². The van der Waals surface area contributed by atoms with E-state index >= 15 is 0 Å². The zero-order chi connectivity index (χ0) is 18.2. The Morgan fingerprint density at radius 1 is 0.885 bits per heavy atom. The normalized spacial score (nSPS) is 10.5. The molecule has 0 bridgehead atoms. The van der Waals surface area contributed by atoms with E-state index in [0.29, 0.717) is 6.61 Å². The molecule has 1 aromatic heterocycles. The molecule has 1 N–H and O–H groups in total. The van der Waals surface area contributed by atoms with E-state index in [1.807, 2.05) is 36.4 Å². The zero-order valence-electron chi connectivity index (χ0n) is 15.2. The minimum Gasteiger partial charge on any atom is -0.493 e. The fourth-order valence-corrected chi connectivity index (χ4v) is 2.72. The van der Waals surface area contributed by atoms with Gasteiger partial charge in [-0.3, -0.25) is 4.98 Å². The Balaban J connectivity index is 1.59. The number of aromatic nitrogens is 1. The van der Waals surface area contributed by atoms with E-state index in [4.69, 9.17) is 9.47 Å². The van der Waals surface area contributed by atoms with Crippen LogP contribution in [0.2, 0.25) is 0 Å². The SMILES string of the molecule is COc1cc(CNCc2ccncc2)ccc1OCc1ccccc1C. The summed E-state index contributed by atoms with van der Waals surface area (Å²) in [6, 6.07) is 18.3. The summed E-state index contributed by atoms with van der Waals surface area (Å²) in [5.41, 5.74) is 4.77. The van der Waals surface area contributed by atoms with Gasteiger partial charge >= 0.3 is 0 Å². The average Bonchev–Trinajstić information content (AvgIpc) is 2.68. The molecule has 0 unspecified atom stereocenters. The number of hydrogen-bond acceptors (Lipinski definition) is 4. The van der Waals surface area contributed by atoms with Crippen molar-refractivity contribution < 1.29 is 9.47 Å². The Morgan fingerprint density at radius 2 is 1.65 bits per heavy atom. The highest BCUT2D eigenvalue weighted by Crippen LogP contribution is 2.29. The summed E-state index contributed by atoms with van der Waals surface area (Å²) in [5.74, 6) is 1.51. The second-order valence-electron chi connectivity index (χ2n) is 6.16. The molecule has 26 heavy (non-hydrogen) atoms. The minimum atomic E-state index is 0.530. The molecule has 0 aliphatic heterocycles. The molecule has 0 spiro atoms. The number of hydrogen-bond donors (Lipinski definition) is 1. The van der Waals surface area contributed by atoms with Crippen molar-refractivity contribution in [3.05, 3.63) is 89.2 Å². The Hall–Kier alpha value is -2.85. The van der Waals surface area contributed by atoms with E-state index in [2.05, 4.69) is 35.4 Å². The molecule has 3 rings (SSSR count). The Bertz CT molecular complexity index is 835. The van der Waals surface area contributed by atoms with Crippen LogP contribution in [0, 0.1) is 6.92 Å². The molecule has 0 saturated carbocycles. The summed E-state index contributed by atoms with van der Waals surface area (Å²) in [5, 5.41) is 3.43. The van der Waals surface area contributed by atoms with Crippen molar-refractivity contribution in [2.45, 2.75) is 26.6 Å². The average molecular weight is 348 g/mol. The predicted molar refractivity (Wildman–Crippen MR) is 103 cm³/mol. The van der Waals surface area contributed by atoms with Crippen LogP contribution in [0.3, 0.4) is 0 Å². The quantitative estimate of drug-likeness (QED) is 0.660. The van der Waals surface area contributed by atoms with Crippen molar-refractivity contribution in [2.24, 2.45) is 0 Å². The van der Waals surface area contributed by atoms with Crippen molar-refractivity contribution in [1.29, 1.82) is 0 Å². The molecule has 0 amide bonds. The van der Waals surface area contributed by atoms with E-state index < -0.39 is 0 Å². The lowest BCUT2D eigenvalue weighted by Gasteiger charge is -2.13. The third-order valence-corrected chi connectivity index (χ3v) is 4.28. The molecular weight excluding hydrogens is 324 g/mol. The monoisotopic (exact) mass is 348 g/mol. The number of nitrogens with one attached hydrogen (secondary N) is 1. The highest BCUT2D eigenvalue weighted by Gasteiger charge is 2.07. The maximum atomic E-state index is 5.97. The lowest BCUT2D eigenvalue weighted by atomic mass is 10.1. The van der Waals surface area contributed by atoms with E-state index in [1.165, 1.54) is 16.7 Å². The van der Waals surface area contributed by atoms with E-state index in [-0.39, 0.29) is 0 Å². The zero-order valence-corrected chi connectivity index (χ0v) is 15.2. The van der Waals surface area contributed by atoms with Crippen molar-refractivity contribution in [3.63, 3.8) is 0 Å². The van der Waals surface area contributed by atoms with Gasteiger partial charge in [0.15, 0.2) is 11.5 Å². The molecule has 3 aromatic rings. The van der Waals surface area contributed by atoms with Gasteiger partial charge in [-0.05, 0) is 53.4 Å². The van der Waals surface area contributed by atoms with Gasteiger partial charge in [0.05, 0.1) is 7.11 Å². The first kappa shape index (κ1) is 18.0. The topological polar surface area (TPSA) is 43.4 Å². The van der Waals surface area contributed by atoms with E-state index in [9.17, 15) is 0 Å². The molecule has 0 atom stereocenters. The third kappa shape index (κ3) is 4.83. The summed E-state index contributed by atoms with van der Waals surface area (Å²) in [6.07, 6.45) is 3.61. The molecule has 4 nitrogen and oxygen atoms in total. The molecule has 0 radical (unpaired) electrons. The lowest BCUT2D eigenvalue weighted by Crippen LogP contribution is -2.12. The summed E-state index contributed by atoms with van der Waals surface area (Å²) >= 11 is 0. The van der Waals surface area contributed by atoms with Crippen LogP contribution in [0.1, 0.15) is 22.3 Å². The number of pyridine rings is 1. The lowest BCUT2D eigenvalue weighted by molar-refractivity contribution is 0.283. The van der Waals surface area contributed by atoms with Crippen molar-refractivity contribution >= 4 is 0 Å². The number of nitrogens with zero attached hydrogens (tertiary/aromatic N) is 1. The second kappa shape index (κ2) is 9.02. The first-order valence-corrected chi connectivity index (χ1v) is 8.70. The van der Waals surface area contributed by atoms with Gasteiger partial charge in [-0.25, -0.2) is 0 Å². The molecule has 1 heterocycles. The third-order valence-electron chi connectivity index (χ3n) is 4.28. The van der Waals surface area contributed by atoms with Crippen LogP contribution in [-0.4, -0.2) is 12.1 Å². The molecule has 0 aliphatic rings. The Labute approximate surface area is 154 Å². The first-order valence-electron chi connectivity index (χ1n) is 8.70. The summed E-state index contributed by atoms with van der Waals surface area (Å²) < 4.78 is 11.5. The fourth-order valence-electron chi connectivity index (χ4n) is 2.72. The number of ether oxygens (including phenoxy) is 2. The van der Waals surface area contributed by atoms with Crippen LogP contribution >= 0.6 is 0 Å². The van der Waals surface area contributed by atoms with Crippen molar-refractivity contribution in [2.75, 3.05) is 7.11 Å². The molecule has 0 aliphatic carbocycles. The Morgan fingerprint density at radius 3 is 2.42 bits per heavy atom. The number of rotatable bonds is 8. The van der Waals surface area contributed by atoms with Crippen molar-refractivity contribution in [3.8, 4) is 11.5 Å². The van der Waals surface area contributed by atoms with Gasteiger partial charge < -0.3 is 14.8 Å². The molecular formula is C22H24N2O2. The van der Waals surface area contributed by atoms with E-state index in [1.54, 1.807) is 19.5 Å². The Kier molecular flexibility index (Phi) is 6.23. The van der Waals surface area contributed by atoms with Crippen LogP contribution in [-0.2, 0) is 19.7 Å². The molecule has 2 aromatic carbocycles. The molecule has 4 heteroatoms. The van der Waals surface area contributed by atoms with Crippen LogP contribution < -0.4 is 14.8 Å². The molecule has 134 valence electrons. The van der Waals surface area contributed by atoms with Crippen LogP contribution in [0.25, 0.3) is 0 Å². The van der Waals surface area contributed by atoms with Gasteiger partial charge in [0, 0.05) is 25.5 Å². The standard InChI is InChI=1S/C22H24N2O2/c1-17-5-3-4-6-20(17)16-26-21-8-7-19(13-22(21)25-2)15-24-14-18-9-11-23-12-10-18/h3-13,24H,14-16H2,1-2H3. The highest BCUT2D eigenvalue weighted by molar-refractivity contribution is 5.43. The van der Waals surface area contributed by atoms with Crippen LogP contribution in [0.5, 0.6) is 11.5 Å². The maximum absolute atomic E-state index is 5.97. The summed E-state index contributed by atoms with van der Waals surface area (Å²) in [4.78, 5) is 4.03. The maximum Gasteiger partial charge on any atom is 0.161 e. The summed E-state index contributed by atoms with van der Waals surface area (Å²) in [6.45, 7) is 4.18. The van der Waals surface area contributed by atoms with Gasteiger partial charge in [0.1, 0.15) is 6.61 Å². The molecule has 0 saturated heterocycles. The number of benzene rings is 2. The fraction of sp³-hybridized carbons (Fsp3) is 0.227. The second-order valence-corrected chi connectivity index (χ2v) is 6.16. The van der Waals surface area contributed by atoms with Crippen molar-refractivity contribution in [1.82, 2.24) is 10.3 Å². The smallest absolute Gasteiger partial charge is 0.161 e. The van der Waals surface area contributed by atoms with Gasteiger partial charge in [-0.1, -0.05) is 30.3 Å². The molecule has 0 fully saturated rings. The van der Waals surface area contributed by atoms with Gasteiger partial charge in [0.2, 0.25) is 0 Å². The number of aryl methyl sites for hydroxylation is 1. The van der Waals surface area contributed by atoms with Crippen LogP contribution in [0.15, 0.2) is 67.0 Å². The van der Waals surface area contributed by atoms with E-state index in [0.717, 1.165) is 30.2 Å². The van der Waals surface area contributed by atoms with Gasteiger partial charge in [-0.15, -0.1) is 0 Å². The predicted octanol–water partition coefficient (Wildman–Crippen LogP) is 4.27. The van der Waals surface area contributed by atoms with Gasteiger partial charge in [0.25, 0.3) is 0 Å². The minimum absolute atomic E-state index is 0.530. The highest BCUT2D eigenvalue weighted by atomic mass is 16.5. The summed E-state index contributed by atoms with van der Waals surface area (Å²) in [7, 11) is 1.67. The number of methoxy groups -OCH3 is 1.